The molecule has 1 fully saturated rings. The predicted octanol–water partition coefficient (Wildman–Crippen LogP) is 1.16. The van der Waals surface area contributed by atoms with Crippen molar-refractivity contribution < 1.29 is 9.53 Å². The predicted molar refractivity (Wildman–Crippen MR) is 66.0 cm³/mol. The molecule has 0 saturated heterocycles. The van der Waals surface area contributed by atoms with Crippen molar-refractivity contribution in [2.45, 2.75) is 18.9 Å². The Balaban J connectivity index is 1.82. The molecule has 0 atom stereocenters. The van der Waals surface area contributed by atoms with Gasteiger partial charge in [0.25, 0.3) is 0 Å². The van der Waals surface area contributed by atoms with E-state index in [0.717, 1.165) is 31.1 Å². The van der Waals surface area contributed by atoms with Gasteiger partial charge in [-0.25, -0.2) is 0 Å². The van der Waals surface area contributed by atoms with E-state index in [-0.39, 0.29) is 0 Å². The fraction of sp³-hybridized carbons (Fsp3) is 0.462. The van der Waals surface area contributed by atoms with E-state index in [1.807, 2.05) is 7.05 Å². The first-order valence-corrected chi connectivity index (χ1v) is 5.90. The largest absolute Gasteiger partial charge is 0.490 e. The van der Waals surface area contributed by atoms with Gasteiger partial charge in [-0.1, -0.05) is 0 Å². The number of amides is 1. The SMILES string of the molecule is CNCC1CC(Oc2ccc(C(N)=O)cc2)C1. The summed E-state index contributed by atoms with van der Waals surface area (Å²) in [5.41, 5.74) is 5.68. The lowest BCUT2D eigenvalue weighted by molar-refractivity contribution is 0.0657. The number of hydrogen-bond donors (Lipinski definition) is 2. The lowest BCUT2D eigenvalue weighted by Gasteiger charge is -2.35. The highest BCUT2D eigenvalue weighted by molar-refractivity contribution is 5.92. The number of rotatable bonds is 5. The molecule has 0 spiro atoms. The molecule has 1 aromatic carbocycles. The second-order valence-corrected chi connectivity index (χ2v) is 4.52. The first kappa shape index (κ1) is 11.9. The summed E-state index contributed by atoms with van der Waals surface area (Å²) < 4.78 is 5.78. The Bertz CT molecular complexity index is 383. The highest BCUT2D eigenvalue weighted by Crippen LogP contribution is 2.30. The molecule has 2 rings (SSSR count). The molecule has 0 aromatic heterocycles. The Morgan fingerprint density at radius 3 is 2.59 bits per heavy atom. The van der Waals surface area contributed by atoms with Gasteiger partial charge < -0.3 is 15.8 Å². The summed E-state index contributed by atoms with van der Waals surface area (Å²) in [6.45, 7) is 1.06. The highest BCUT2D eigenvalue weighted by atomic mass is 16.5. The van der Waals surface area contributed by atoms with Gasteiger partial charge in [0.05, 0.1) is 6.10 Å². The second-order valence-electron chi connectivity index (χ2n) is 4.52. The molecule has 0 radical (unpaired) electrons. The van der Waals surface area contributed by atoms with Crippen molar-refractivity contribution in [2.75, 3.05) is 13.6 Å². The third-order valence-electron chi connectivity index (χ3n) is 3.13. The fourth-order valence-corrected chi connectivity index (χ4v) is 2.12. The van der Waals surface area contributed by atoms with Gasteiger partial charge in [-0.05, 0) is 56.6 Å². The monoisotopic (exact) mass is 234 g/mol. The molecule has 0 bridgehead atoms. The quantitative estimate of drug-likeness (QED) is 0.803. The highest BCUT2D eigenvalue weighted by Gasteiger charge is 2.29. The van der Waals surface area contributed by atoms with Crippen molar-refractivity contribution >= 4 is 5.91 Å². The molecule has 3 N–H and O–H groups in total. The van der Waals surface area contributed by atoms with E-state index in [9.17, 15) is 4.79 Å². The third kappa shape index (κ3) is 2.97. The van der Waals surface area contributed by atoms with Crippen LogP contribution < -0.4 is 15.8 Å². The molecule has 1 aliphatic carbocycles. The van der Waals surface area contributed by atoms with E-state index in [1.165, 1.54) is 0 Å². The number of hydrogen-bond acceptors (Lipinski definition) is 3. The molecule has 92 valence electrons. The Morgan fingerprint density at radius 1 is 1.41 bits per heavy atom. The van der Waals surface area contributed by atoms with Gasteiger partial charge in [0.1, 0.15) is 5.75 Å². The molecule has 0 unspecified atom stereocenters. The van der Waals surface area contributed by atoms with Gasteiger partial charge in [-0.2, -0.15) is 0 Å². The zero-order valence-corrected chi connectivity index (χ0v) is 9.98. The molecular formula is C13H18N2O2. The van der Waals surface area contributed by atoms with E-state index < -0.39 is 5.91 Å². The number of benzene rings is 1. The van der Waals surface area contributed by atoms with Gasteiger partial charge >= 0.3 is 0 Å². The second kappa shape index (κ2) is 5.19. The Morgan fingerprint density at radius 2 is 2.06 bits per heavy atom. The minimum absolute atomic E-state index is 0.313. The number of nitrogens with two attached hydrogens (primary N) is 1. The van der Waals surface area contributed by atoms with Crippen LogP contribution in [0.2, 0.25) is 0 Å². The topological polar surface area (TPSA) is 64.3 Å². The van der Waals surface area contributed by atoms with Crippen LogP contribution >= 0.6 is 0 Å². The molecule has 4 heteroatoms. The molecule has 0 aliphatic heterocycles. The molecule has 1 aromatic rings. The van der Waals surface area contributed by atoms with Gasteiger partial charge in [0.2, 0.25) is 5.91 Å². The van der Waals surface area contributed by atoms with Crippen molar-refractivity contribution in [2.24, 2.45) is 11.7 Å². The first-order chi connectivity index (χ1) is 8.19. The summed E-state index contributed by atoms with van der Waals surface area (Å²) in [6, 6.07) is 6.99. The van der Waals surface area contributed by atoms with Crippen molar-refractivity contribution in [3.63, 3.8) is 0 Å². The Hall–Kier alpha value is -1.55. The normalized spacial score (nSPS) is 22.9. The summed E-state index contributed by atoms with van der Waals surface area (Å²) in [6.07, 6.45) is 2.50. The summed E-state index contributed by atoms with van der Waals surface area (Å²) in [5, 5.41) is 3.17. The molecule has 4 nitrogen and oxygen atoms in total. The number of nitrogens with one attached hydrogen (secondary N) is 1. The zero-order valence-electron chi connectivity index (χ0n) is 9.98. The van der Waals surface area contributed by atoms with Crippen LogP contribution in [0.3, 0.4) is 0 Å². The number of ether oxygens (including phenoxy) is 1. The van der Waals surface area contributed by atoms with E-state index in [2.05, 4.69) is 5.32 Å². The van der Waals surface area contributed by atoms with Crippen LogP contribution in [-0.4, -0.2) is 25.6 Å². The minimum Gasteiger partial charge on any atom is -0.490 e. The molecular weight excluding hydrogens is 216 g/mol. The lowest BCUT2D eigenvalue weighted by Crippen LogP contribution is -2.38. The first-order valence-electron chi connectivity index (χ1n) is 5.90. The fourth-order valence-electron chi connectivity index (χ4n) is 2.12. The Kier molecular flexibility index (Phi) is 3.64. The number of carbonyl (C=O) groups is 1. The van der Waals surface area contributed by atoms with Crippen LogP contribution in [0.1, 0.15) is 23.2 Å². The van der Waals surface area contributed by atoms with Crippen LogP contribution in [0.5, 0.6) is 5.75 Å². The minimum atomic E-state index is -0.408. The smallest absolute Gasteiger partial charge is 0.248 e. The van der Waals surface area contributed by atoms with Gasteiger partial charge in [-0.3, -0.25) is 4.79 Å². The standard InChI is InChI=1S/C13H18N2O2/c1-15-8-9-6-12(7-9)17-11-4-2-10(3-5-11)13(14)16/h2-5,9,12,15H,6-8H2,1H3,(H2,14,16). The van der Waals surface area contributed by atoms with Gasteiger partial charge in [0.15, 0.2) is 0 Å². The number of primary amides is 1. The maximum Gasteiger partial charge on any atom is 0.248 e. The van der Waals surface area contributed by atoms with Crippen molar-refractivity contribution in [3.05, 3.63) is 29.8 Å². The Labute approximate surface area is 101 Å². The molecule has 1 amide bonds. The molecule has 1 aliphatic rings. The summed E-state index contributed by atoms with van der Waals surface area (Å²) in [4.78, 5) is 10.9. The molecule has 1 saturated carbocycles. The average Bonchev–Trinajstić information content (AvgIpc) is 2.27. The maximum absolute atomic E-state index is 10.9. The van der Waals surface area contributed by atoms with E-state index >= 15 is 0 Å². The van der Waals surface area contributed by atoms with Crippen molar-refractivity contribution in [3.8, 4) is 5.75 Å². The van der Waals surface area contributed by atoms with Gasteiger partial charge in [0, 0.05) is 5.56 Å². The summed E-state index contributed by atoms with van der Waals surface area (Å²) >= 11 is 0. The molecule has 0 heterocycles. The van der Waals surface area contributed by atoms with E-state index in [0.29, 0.717) is 11.7 Å². The summed E-state index contributed by atoms with van der Waals surface area (Å²) in [5.74, 6) is 1.13. The van der Waals surface area contributed by atoms with Gasteiger partial charge in [-0.15, -0.1) is 0 Å². The van der Waals surface area contributed by atoms with Crippen LogP contribution in [-0.2, 0) is 0 Å². The van der Waals surface area contributed by atoms with Crippen molar-refractivity contribution in [1.82, 2.24) is 5.32 Å². The maximum atomic E-state index is 10.9. The lowest BCUT2D eigenvalue weighted by atomic mass is 9.82. The third-order valence-corrected chi connectivity index (χ3v) is 3.13. The summed E-state index contributed by atoms with van der Waals surface area (Å²) in [7, 11) is 1.97. The van der Waals surface area contributed by atoms with E-state index in [1.54, 1.807) is 24.3 Å². The van der Waals surface area contributed by atoms with E-state index in [4.69, 9.17) is 10.5 Å². The van der Waals surface area contributed by atoms with Crippen LogP contribution in [0.15, 0.2) is 24.3 Å². The number of carbonyl (C=O) groups excluding carboxylic acids is 1. The van der Waals surface area contributed by atoms with Crippen molar-refractivity contribution in [1.29, 1.82) is 0 Å². The van der Waals surface area contributed by atoms with Crippen LogP contribution in [0.4, 0.5) is 0 Å². The van der Waals surface area contributed by atoms with Crippen LogP contribution in [0, 0.1) is 5.92 Å². The zero-order chi connectivity index (χ0) is 12.3. The molecule has 17 heavy (non-hydrogen) atoms. The van der Waals surface area contributed by atoms with Crippen LogP contribution in [0.25, 0.3) is 0 Å². The average molecular weight is 234 g/mol.